The number of carbonyl (C=O) groups excluding carboxylic acids is 1. The molecule has 1 atom stereocenters. The van der Waals surface area contributed by atoms with E-state index in [0.29, 0.717) is 17.4 Å². The molecule has 1 unspecified atom stereocenters. The van der Waals surface area contributed by atoms with Crippen molar-refractivity contribution in [2.24, 2.45) is 0 Å². The lowest BCUT2D eigenvalue weighted by molar-refractivity contribution is -0.115. The van der Waals surface area contributed by atoms with Gasteiger partial charge in [0.2, 0.25) is 5.91 Å². The van der Waals surface area contributed by atoms with Gasteiger partial charge in [-0.3, -0.25) is 9.36 Å². The zero-order chi connectivity index (χ0) is 26.6. The van der Waals surface area contributed by atoms with Crippen molar-refractivity contribution in [2.75, 3.05) is 5.32 Å². The Labute approximate surface area is 222 Å². The Bertz CT molecular complexity index is 1500. The van der Waals surface area contributed by atoms with Gasteiger partial charge in [-0.25, -0.2) is 8.42 Å². The molecule has 1 N–H and O–H groups in total. The molecule has 9 heteroatoms. The minimum absolute atomic E-state index is 0.146. The van der Waals surface area contributed by atoms with Gasteiger partial charge < -0.3 is 5.32 Å². The van der Waals surface area contributed by atoms with Crippen LogP contribution in [0.1, 0.15) is 35.9 Å². The van der Waals surface area contributed by atoms with Crippen LogP contribution in [0, 0.1) is 20.8 Å². The summed E-state index contributed by atoms with van der Waals surface area (Å²) in [7, 11) is -3.66. The molecule has 1 amide bonds. The van der Waals surface area contributed by atoms with Crippen LogP contribution < -0.4 is 5.32 Å². The molecule has 3 aromatic carbocycles. The van der Waals surface area contributed by atoms with E-state index in [2.05, 4.69) is 15.5 Å². The van der Waals surface area contributed by atoms with Crippen molar-refractivity contribution in [2.45, 2.75) is 55.2 Å². The first-order valence-corrected chi connectivity index (χ1v) is 14.5. The van der Waals surface area contributed by atoms with Crippen LogP contribution in [0.15, 0.2) is 82.8 Å². The number of hydrogen-bond donors (Lipinski definition) is 1. The van der Waals surface area contributed by atoms with Crippen LogP contribution in [0.4, 0.5) is 5.69 Å². The minimum Gasteiger partial charge on any atom is -0.325 e. The highest BCUT2D eigenvalue weighted by molar-refractivity contribution is 8.00. The Kier molecular flexibility index (Phi) is 8.14. The molecule has 37 heavy (non-hydrogen) atoms. The first-order chi connectivity index (χ1) is 17.7. The molecule has 0 aliphatic carbocycles. The Hall–Kier alpha value is -3.43. The maximum Gasteiger partial charge on any atom is 0.237 e. The van der Waals surface area contributed by atoms with Crippen molar-refractivity contribution in [1.29, 1.82) is 0 Å². The second-order valence-corrected chi connectivity index (χ2v) is 12.1. The van der Waals surface area contributed by atoms with Gasteiger partial charge in [-0.15, -0.1) is 10.2 Å². The number of amides is 1. The van der Waals surface area contributed by atoms with Gasteiger partial charge in [0.1, 0.15) is 5.75 Å². The van der Waals surface area contributed by atoms with Gasteiger partial charge in [-0.1, -0.05) is 60.6 Å². The number of anilines is 1. The standard InChI is InChI=1S/C28H30N4O3S2/c1-5-25(27(33)29-22-14-13-20(3)21(4)17-22)36-28-31-30-26(32(28)23-9-7-6-8-10-23)18-37(34,35)24-15-11-19(2)12-16-24/h6-17,25H,5,18H2,1-4H3,(H,29,33). The van der Waals surface area contributed by atoms with Crippen LogP contribution >= 0.6 is 11.8 Å². The first kappa shape index (κ1) is 26.6. The number of carbonyl (C=O) groups is 1. The average molecular weight is 535 g/mol. The molecule has 4 rings (SSSR count). The molecule has 0 fully saturated rings. The largest absolute Gasteiger partial charge is 0.325 e. The molecule has 1 heterocycles. The lowest BCUT2D eigenvalue weighted by Crippen LogP contribution is -2.25. The second kappa shape index (κ2) is 11.3. The number of benzene rings is 3. The molecule has 7 nitrogen and oxygen atoms in total. The molecule has 0 radical (unpaired) electrons. The summed E-state index contributed by atoms with van der Waals surface area (Å²) in [4.78, 5) is 13.4. The van der Waals surface area contributed by atoms with E-state index in [-0.39, 0.29) is 16.6 Å². The lowest BCUT2D eigenvalue weighted by atomic mass is 10.1. The molecule has 1 aromatic heterocycles. The Morgan fingerprint density at radius 3 is 2.30 bits per heavy atom. The van der Waals surface area contributed by atoms with Gasteiger partial charge in [-0.05, 0) is 74.7 Å². The number of nitrogens with zero attached hydrogens (tertiary/aromatic N) is 3. The minimum atomic E-state index is -3.66. The summed E-state index contributed by atoms with van der Waals surface area (Å²) < 4.78 is 28.1. The number of aryl methyl sites for hydroxylation is 3. The molecule has 0 aliphatic heterocycles. The lowest BCUT2D eigenvalue weighted by Gasteiger charge is -2.16. The van der Waals surface area contributed by atoms with E-state index >= 15 is 0 Å². The molecule has 4 aromatic rings. The van der Waals surface area contributed by atoms with Gasteiger partial charge >= 0.3 is 0 Å². The summed E-state index contributed by atoms with van der Waals surface area (Å²) in [6.07, 6.45) is 0.556. The predicted molar refractivity (Wildman–Crippen MR) is 148 cm³/mol. The monoisotopic (exact) mass is 534 g/mol. The number of para-hydroxylation sites is 1. The summed E-state index contributed by atoms with van der Waals surface area (Å²) in [6.45, 7) is 7.88. The number of thioether (sulfide) groups is 1. The molecule has 0 saturated heterocycles. The highest BCUT2D eigenvalue weighted by Crippen LogP contribution is 2.30. The van der Waals surface area contributed by atoms with E-state index in [9.17, 15) is 13.2 Å². The van der Waals surface area contributed by atoms with Gasteiger partial charge in [0.15, 0.2) is 20.8 Å². The van der Waals surface area contributed by atoms with E-state index in [1.807, 2.05) is 76.2 Å². The number of rotatable bonds is 9. The van der Waals surface area contributed by atoms with E-state index in [1.165, 1.54) is 11.8 Å². The smallest absolute Gasteiger partial charge is 0.237 e. The number of sulfone groups is 1. The second-order valence-electron chi connectivity index (χ2n) is 8.94. The summed E-state index contributed by atoms with van der Waals surface area (Å²) in [5, 5.41) is 11.6. The Balaban J connectivity index is 1.64. The van der Waals surface area contributed by atoms with Crippen LogP contribution in [0.2, 0.25) is 0 Å². The Morgan fingerprint density at radius 1 is 0.946 bits per heavy atom. The van der Waals surface area contributed by atoms with Crippen molar-refractivity contribution in [3.8, 4) is 5.69 Å². The van der Waals surface area contributed by atoms with E-state index in [0.717, 1.165) is 28.1 Å². The quantitative estimate of drug-likeness (QED) is 0.278. The van der Waals surface area contributed by atoms with Crippen molar-refractivity contribution in [1.82, 2.24) is 14.8 Å². The summed E-state index contributed by atoms with van der Waals surface area (Å²) in [5.74, 6) is -0.171. The normalized spacial score (nSPS) is 12.3. The van der Waals surface area contributed by atoms with Gasteiger partial charge in [0.25, 0.3) is 0 Å². The fourth-order valence-corrected chi connectivity index (χ4v) is 6.03. The SMILES string of the molecule is CCC(Sc1nnc(CS(=O)(=O)c2ccc(C)cc2)n1-c1ccccc1)C(=O)Nc1ccc(C)c(C)c1. The third kappa shape index (κ3) is 6.29. The van der Waals surface area contributed by atoms with Crippen LogP contribution in [0.25, 0.3) is 5.69 Å². The van der Waals surface area contributed by atoms with E-state index in [1.54, 1.807) is 28.8 Å². The molecular formula is C28H30N4O3S2. The van der Waals surface area contributed by atoms with Crippen molar-refractivity contribution < 1.29 is 13.2 Å². The topological polar surface area (TPSA) is 93.9 Å². The van der Waals surface area contributed by atoms with Gasteiger partial charge in [0, 0.05) is 11.4 Å². The van der Waals surface area contributed by atoms with Crippen LogP contribution in [0.3, 0.4) is 0 Å². The molecule has 0 saturated carbocycles. The third-order valence-electron chi connectivity index (χ3n) is 6.10. The van der Waals surface area contributed by atoms with Crippen LogP contribution in [0.5, 0.6) is 0 Å². The van der Waals surface area contributed by atoms with Gasteiger partial charge in [0.05, 0.1) is 10.1 Å². The number of aromatic nitrogens is 3. The van der Waals surface area contributed by atoms with E-state index in [4.69, 9.17) is 0 Å². The number of nitrogens with one attached hydrogen (secondary N) is 1. The fourth-order valence-electron chi connectivity index (χ4n) is 3.80. The maximum absolute atomic E-state index is 13.2. The van der Waals surface area contributed by atoms with E-state index < -0.39 is 15.1 Å². The number of hydrogen-bond acceptors (Lipinski definition) is 6. The summed E-state index contributed by atoms with van der Waals surface area (Å²) in [6, 6.07) is 21.9. The maximum atomic E-state index is 13.2. The highest BCUT2D eigenvalue weighted by Gasteiger charge is 2.26. The highest BCUT2D eigenvalue weighted by atomic mass is 32.2. The molecule has 0 aliphatic rings. The third-order valence-corrected chi connectivity index (χ3v) is 9.03. The van der Waals surface area contributed by atoms with Crippen LogP contribution in [-0.2, 0) is 20.4 Å². The van der Waals surface area contributed by atoms with Crippen molar-refractivity contribution in [3.63, 3.8) is 0 Å². The van der Waals surface area contributed by atoms with Crippen LogP contribution in [-0.4, -0.2) is 34.3 Å². The molecule has 0 spiro atoms. The zero-order valence-electron chi connectivity index (χ0n) is 21.3. The molecule has 192 valence electrons. The average Bonchev–Trinajstić information content (AvgIpc) is 3.26. The van der Waals surface area contributed by atoms with Crippen molar-refractivity contribution >= 4 is 33.2 Å². The zero-order valence-corrected chi connectivity index (χ0v) is 22.9. The molecular weight excluding hydrogens is 504 g/mol. The van der Waals surface area contributed by atoms with Gasteiger partial charge in [-0.2, -0.15) is 0 Å². The first-order valence-electron chi connectivity index (χ1n) is 12.0. The summed E-state index contributed by atoms with van der Waals surface area (Å²) >= 11 is 1.27. The predicted octanol–water partition coefficient (Wildman–Crippen LogP) is 5.68. The Morgan fingerprint density at radius 2 is 1.65 bits per heavy atom. The van der Waals surface area contributed by atoms with Crippen molar-refractivity contribution in [3.05, 3.63) is 95.3 Å². The summed E-state index contributed by atoms with van der Waals surface area (Å²) in [5.41, 5.74) is 4.70. The fraction of sp³-hybridized carbons (Fsp3) is 0.250. The molecule has 0 bridgehead atoms.